The van der Waals surface area contributed by atoms with E-state index in [1.807, 2.05) is 61.5 Å². The molecule has 5 atom stereocenters. The Labute approximate surface area is 187 Å². The molecule has 0 aromatic heterocycles. The fraction of sp³-hybridized carbons (Fsp3) is 0.400. The summed E-state index contributed by atoms with van der Waals surface area (Å²) in [6, 6.07) is 12.9. The highest BCUT2D eigenvalue weighted by molar-refractivity contribution is 6.02. The maximum absolute atomic E-state index is 13.5. The van der Waals surface area contributed by atoms with E-state index in [0.717, 1.165) is 10.8 Å². The number of benzene rings is 2. The maximum Gasteiger partial charge on any atom is 0.247 e. The SMILES string of the molecule is CNC(=O)[C@H]1[C@@H]2C(=O)N(CCCO)[C@H](C(=O)Nc3ccc4ccccc4c3)[C@H]2C=C[C@H]1C. The highest BCUT2D eigenvalue weighted by atomic mass is 16.3. The molecule has 1 fully saturated rings. The number of amides is 3. The van der Waals surface area contributed by atoms with Gasteiger partial charge in [-0.05, 0) is 35.2 Å². The summed E-state index contributed by atoms with van der Waals surface area (Å²) in [4.78, 5) is 41.0. The molecule has 1 aliphatic carbocycles. The Balaban J connectivity index is 1.65. The fourth-order valence-electron chi connectivity index (χ4n) is 5.12. The lowest BCUT2D eigenvalue weighted by atomic mass is 9.70. The minimum atomic E-state index is -0.735. The molecule has 0 unspecified atom stereocenters. The molecule has 3 amide bonds. The number of fused-ring (bicyclic) bond motifs is 2. The summed E-state index contributed by atoms with van der Waals surface area (Å²) in [7, 11) is 1.56. The number of aliphatic hydroxyl groups excluding tert-OH is 1. The zero-order chi connectivity index (χ0) is 22.8. The van der Waals surface area contributed by atoms with E-state index < -0.39 is 23.8 Å². The van der Waals surface area contributed by atoms with Gasteiger partial charge >= 0.3 is 0 Å². The van der Waals surface area contributed by atoms with Gasteiger partial charge in [-0.1, -0.05) is 49.4 Å². The van der Waals surface area contributed by atoms with Crippen LogP contribution in [0.2, 0.25) is 0 Å². The fourth-order valence-corrected chi connectivity index (χ4v) is 5.12. The number of carbonyl (C=O) groups is 3. The van der Waals surface area contributed by atoms with Crippen LogP contribution < -0.4 is 10.6 Å². The van der Waals surface area contributed by atoms with Crippen molar-refractivity contribution in [3.8, 4) is 0 Å². The molecule has 0 spiro atoms. The van der Waals surface area contributed by atoms with Gasteiger partial charge in [0.25, 0.3) is 0 Å². The lowest BCUT2D eigenvalue weighted by Gasteiger charge is -2.32. The molecule has 1 heterocycles. The Morgan fingerprint density at radius 2 is 1.81 bits per heavy atom. The molecule has 7 heteroatoms. The smallest absolute Gasteiger partial charge is 0.247 e. The first kappa shape index (κ1) is 22.0. The van der Waals surface area contributed by atoms with Gasteiger partial charge in [-0.3, -0.25) is 14.4 Å². The number of allylic oxidation sites excluding steroid dienone is 1. The molecular formula is C25H29N3O4. The lowest BCUT2D eigenvalue weighted by molar-refractivity contribution is -0.140. The number of aliphatic hydroxyl groups is 1. The predicted molar refractivity (Wildman–Crippen MR) is 123 cm³/mol. The Bertz CT molecular complexity index is 1070. The molecule has 2 aromatic rings. The minimum Gasteiger partial charge on any atom is -0.396 e. The van der Waals surface area contributed by atoms with Crippen molar-refractivity contribution in [2.45, 2.75) is 19.4 Å². The average molecular weight is 436 g/mol. The van der Waals surface area contributed by atoms with Crippen molar-refractivity contribution in [2.24, 2.45) is 23.7 Å². The quantitative estimate of drug-likeness (QED) is 0.606. The van der Waals surface area contributed by atoms with E-state index in [1.54, 1.807) is 11.9 Å². The van der Waals surface area contributed by atoms with Crippen LogP contribution >= 0.6 is 0 Å². The van der Waals surface area contributed by atoms with Crippen molar-refractivity contribution >= 4 is 34.2 Å². The van der Waals surface area contributed by atoms with Gasteiger partial charge in [-0.25, -0.2) is 0 Å². The highest BCUT2D eigenvalue weighted by Gasteiger charge is 2.56. The topological polar surface area (TPSA) is 98.7 Å². The number of likely N-dealkylation sites (tertiary alicyclic amines) is 1. The van der Waals surface area contributed by atoms with Gasteiger partial charge in [0.1, 0.15) is 6.04 Å². The van der Waals surface area contributed by atoms with Crippen molar-refractivity contribution in [1.29, 1.82) is 0 Å². The normalized spacial score (nSPS) is 26.8. The van der Waals surface area contributed by atoms with Crippen LogP contribution in [0.4, 0.5) is 5.69 Å². The second-order valence-electron chi connectivity index (χ2n) is 8.59. The molecule has 3 N–H and O–H groups in total. The van der Waals surface area contributed by atoms with Gasteiger partial charge in [0.2, 0.25) is 17.7 Å². The first-order valence-corrected chi connectivity index (χ1v) is 11.1. The summed E-state index contributed by atoms with van der Waals surface area (Å²) in [6.07, 6.45) is 4.21. The van der Waals surface area contributed by atoms with Gasteiger partial charge in [-0.15, -0.1) is 0 Å². The lowest BCUT2D eigenvalue weighted by Crippen LogP contribution is -2.45. The van der Waals surface area contributed by atoms with Crippen LogP contribution in [0.5, 0.6) is 0 Å². The standard InChI is InChI=1S/C25H29N3O4/c1-15-8-11-19-21(20(15)23(30)26-2)25(32)28(12-5-13-29)22(19)24(31)27-18-10-9-16-6-3-4-7-17(16)14-18/h3-4,6-11,14-15,19-22,29H,5,12-13H2,1-2H3,(H,26,30)(H,27,31)/t15-,19+,20-,21-,22+/m1/s1. The molecule has 0 radical (unpaired) electrons. The zero-order valence-electron chi connectivity index (χ0n) is 18.3. The summed E-state index contributed by atoms with van der Waals surface area (Å²) >= 11 is 0. The van der Waals surface area contributed by atoms with E-state index in [4.69, 9.17) is 0 Å². The van der Waals surface area contributed by atoms with Crippen LogP contribution in [0.25, 0.3) is 10.8 Å². The molecule has 7 nitrogen and oxygen atoms in total. The zero-order valence-corrected chi connectivity index (χ0v) is 18.3. The van der Waals surface area contributed by atoms with Crippen molar-refractivity contribution in [3.63, 3.8) is 0 Å². The van der Waals surface area contributed by atoms with Crippen LogP contribution in [0, 0.1) is 23.7 Å². The van der Waals surface area contributed by atoms with Crippen molar-refractivity contribution in [2.75, 3.05) is 25.5 Å². The van der Waals surface area contributed by atoms with Crippen LogP contribution in [-0.4, -0.2) is 54.0 Å². The van der Waals surface area contributed by atoms with E-state index in [-0.39, 0.29) is 36.8 Å². The molecule has 1 aliphatic heterocycles. The molecule has 1 saturated heterocycles. The molecule has 4 rings (SSSR count). The first-order valence-electron chi connectivity index (χ1n) is 11.1. The maximum atomic E-state index is 13.5. The van der Waals surface area contributed by atoms with Crippen LogP contribution in [-0.2, 0) is 14.4 Å². The Morgan fingerprint density at radius 3 is 2.53 bits per heavy atom. The largest absolute Gasteiger partial charge is 0.396 e. The second kappa shape index (κ2) is 9.12. The number of hydrogen-bond acceptors (Lipinski definition) is 4. The van der Waals surface area contributed by atoms with Gasteiger partial charge in [-0.2, -0.15) is 0 Å². The van der Waals surface area contributed by atoms with Gasteiger partial charge in [0.15, 0.2) is 0 Å². The van der Waals surface area contributed by atoms with E-state index in [2.05, 4.69) is 10.6 Å². The van der Waals surface area contributed by atoms with Gasteiger partial charge < -0.3 is 20.6 Å². The van der Waals surface area contributed by atoms with Crippen molar-refractivity contribution in [3.05, 3.63) is 54.6 Å². The third-order valence-corrected chi connectivity index (χ3v) is 6.67. The number of nitrogens with one attached hydrogen (secondary N) is 2. The third-order valence-electron chi connectivity index (χ3n) is 6.67. The van der Waals surface area contributed by atoms with Crippen molar-refractivity contribution in [1.82, 2.24) is 10.2 Å². The number of rotatable bonds is 6. The van der Waals surface area contributed by atoms with E-state index in [9.17, 15) is 19.5 Å². The molecule has 0 saturated carbocycles. The highest BCUT2D eigenvalue weighted by Crippen LogP contribution is 2.44. The van der Waals surface area contributed by atoms with Crippen LogP contribution in [0.3, 0.4) is 0 Å². The van der Waals surface area contributed by atoms with Crippen molar-refractivity contribution < 1.29 is 19.5 Å². The summed E-state index contributed by atoms with van der Waals surface area (Å²) in [5.41, 5.74) is 0.655. The second-order valence-corrected chi connectivity index (χ2v) is 8.59. The Morgan fingerprint density at radius 1 is 1.06 bits per heavy atom. The molecule has 168 valence electrons. The summed E-state index contributed by atoms with van der Waals surface area (Å²) in [5.74, 6) is -2.32. The summed E-state index contributed by atoms with van der Waals surface area (Å²) in [6.45, 7) is 2.10. The van der Waals surface area contributed by atoms with E-state index in [0.29, 0.717) is 12.1 Å². The third kappa shape index (κ3) is 3.88. The average Bonchev–Trinajstić information content (AvgIpc) is 3.08. The van der Waals surface area contributed by atoms with E-state index in [1.165, 1.54) is 0 Å². The number of nitrogens with zero attached hydrogens (tertiary/aromatic N) is 1. The molecule has 2 aliphatic rings. The van der Waals surface area contributed by atoms with Gasteiger partial charge in [0, 0.05) is 31.8 Å². The minimum absolute atomic E-state index is 0.0801. The van der Waals surface area contributed by atoms with Crippen LogP contribution in [0.15, 0.2) is 54.6 Å². The molecular weight excluding hydrogens is 406 g/mol. The summed E-state index contributed by atoms with van der Waals surface area (Å²) < 4.78 is 0. The van der Waals surface area contributed by atoms with Gasteiger partial charge in [0.05, 0.1) is 11.8 Å². The monoisotopic (exact) mass is 435 g/mol. The summed E-state index contributed by atoms with van der Waals surface area (Å²) in [5, 5.41) is 17.1. The molecule has 2 aromatic carbocycles. The Hall–Kier alpha value is -3.19. The first-order chi connectivity index (χ1) is 15.5. The number of anilines is 1. The number of carbonyl (C=O) groups excluding carboxylic acids is 3. The van der Waals surface area contributed by atoms with E-state index >= 15 is 0 Å². The predicted octanol–water partition coefficient (Wildman–Crippen LogP) is 2.17. The van der Waals surface area contributed by atoms with Crippen LogP contribution in [0.1, 0.15) is 13.3 Å². The molecule has 0 bridgehead atoms. The molecule has 32 heavy (non-hydrogen) atoms. The number of hydrogen-bond donors (Lipinski definition) is 3. The Kier molecular flexibility index (Phi) is 6.28.